The fourth-order valence-electron chi connectivity index (χ4n) is 1.15. The van der Waals surface area contributed by atoms with E-state index in [1.54, 1.807) is 12.1 Å². The van der Waals surface area contributed by atoms with Gasteiger partial charge in [0.1, 0.15) is 7.85 Å². The highest BCUT2D eigenvalue weighted by Crippen LogP contribution is 2.19. The fraction of sp³-hybridized carbons (Fsp3) is 0.200. The predicted molar refractivity (Wildman–Crippen MR) is 60.0 cm³/mol. The number of esters is 1. The highest BCUT2D eigenvalue weighted by molar-refractivity contribution is 6.64. The van der Waals surface area contributed by atoms with Crippen LogP contribution in [0.2, 0.25) is 0 Å². The zero-order valence-electron chi connectivity index (χ0n) is 8.49. The molecular weight excluding hydrogens is 214 g/mol. The molecule has 0 spiro atoms. The number of halogens is 1. The van der Waals surface area contributed by atoms with E-state index in [2.05, 4.69) is 0 Å². The van der Waals surface area contributed by atoms with E-state index in [-0.39, 0.29) is 0 Å². The Labute approximate surface area is 93.8 Å². The number of hydrogen-bond donors (Lipinski definition) is 0. The van der Waals surface area contributed by atoms with Crippen molar-refractivity contribution in [1.29, 1.82) is 0 Å². The number of ether oxygens (including phenoxy) is 1. The van der Waals surface area contributed by atoms with Crippen LogP contribution in [0.15, 0.2) is 24.3 Å². The van der Waals surface area contributed by atoms with Crippen molar-refractivity contribution < 1.29 is 14.3 Å². The molecule has 78 valence electrons. The average Bonchev–Trinajstić information content (AvgIpc) is 2.15. The molecule has 1 atom stereocenters. The smallest absolute Gasteiger partial charge is 0.303 e. The predicted octanol–water partition coefficient (Wildman–Crippen LogP) is 0.315. The van der Waals surface area contributed by atoms with Gasteiger partial charge in [0.15, 0.2) is 0 Å². The Morgan fingerprint density at radius 1 is 1.33 bits per heavy atom. The summed E-state index contributed by atoms with van der Waals surface area (Å²) >= 11 is 5.35. The maximum atomic E-state index is 11.1. The molecule has 1 rings (SSSR count). The maximum absolute atomic E-state index is 11.1. The van der Waals surface area contributed by atoms with E-state index < -0.39 is 17.3 Å². The van der Waals surface area contributed by atoms with Crippen molar-refractivity contribution in [3.05, 3.63) is 29.8 Å². The molecule has 0 saturated carbocycles. The van der Waals surface area contributed by atoms with Crippen LogP contribution in [0.1, 0.15) is 18.6 Å². The van der Waals surface area contributed by atoms with Crippen LogP contribution < -0.4 is 5.46 Å². The molecule has 0 saturated heterocycles. The van der Waals surface area contributed by atoms with E-state index in [0.29, 0.717) is 5.56 Å². The molecule has 0 aliphatic carbocycles. The Morgan fingerprint density at radius 2 is 1.87 bits per heavy atom. The molecule has 3 nitrogen and oxygen atoms in total. The molecule has 15 heavy (non-hydrogen) atoms. The van der Waals surface area contributed by atoms with Gasteiger partial charge >= 0.3 is 5.97 Å². The molecule has 0 fully saturated rings. The second-order valence-electron chi connectivity index (χ2n) is 3.20. The minimum Gasteiger partial charge on any atom is -0.448 e. The Balaban J connectivity index is 2.94. The summed E-state index contributed by atoms with van der Waals surface area (Å²) in [7, 11) is 1.92. The first-order valence-corrected chi connectivity index (χ1v) is 4.81. The van der Waals surface area contributed by atoms with Gasteiger partial charge < -0.3 is 4.74 Å². The summed E-state index contributed by atoms with van der Waals surface area (Å²) in [5.74, 6) is -0.533. The summed E-state index contributed by atoms with van der Waals surface area (Å²) < 4.78 is 4.82. The zero-order chi connectivity index (χ0) is 11.4. The van der Waals surface area contributed by atoms with Gasteiger partial charge in [0.25, 0.3) is 5.24 Å². The van der Waals surface area contributed by atoms with Crippen molar-refractivity contribution in [3.63, 3.8) is 0 Å². The van der Waals surface area contributed by atoms with E-state index in [0.717, 1.165) is 5.46 Å². The summed E-state index contributed by atoms with van der Waals surface area (Å²) in [6, 6.07) is 7.07. The maximum Gasteiger partial charge on any atom is 0.303 e. The molecule has 1 unspecified atom stereocenters. The second-order valence-corrected chi connectivity index (χ2v) is 3.58. The first kappa shape index (κ1) is 11.8. The van der Waals surface area contributed by atoms with Gasteiger partial charge in [-0.2, -0.15) is 0 Å². The number of benzene rings is 1. The zero-order valence-corrected chi connectivity index (χ0v) is 9.25. The number of carbonyl (C=O) groups is 2. The van der Waals surface area contributed by atoms with Gasteiger partial charge in [-0.1, -0.05) is 29.7 Å². The van der Waals surface area contributed by atoms with E-state index in [4.69, 9.17) is 16.3 Å². The van der Waals surface area contributed by atoms with Crippen LogP contribution in [0.25, 0.3) is 0 Å². The summed E-state index contributed by atoms with van der Waals surface area (Å²) in [4.78, 5) is 21.8. The fourth-order valence-corrected chi connectivity index (χ4v) is 1.32. The minimum atomic E-state index is -1.01. The Bertz CT molecular complexity index is 375. The van der Waals surface area contributed by atoms with Crippen molar-refractivity contribution in [2.45, 2.75) is 13.0 Å². The van der Waals surface area contributed by atoms with Crippen molar-refractivity contribution in [3.8, 4) is 0 Å². The number of carbonyl (C=O) groups excluding carboxylic acids is 2. The highest BCUT2D eigenvalue weighted by atomic mass is 35.5. The molecule has 0 aliphatic rings. The van der Waals surface area contributed by atoms with Crippen molar-refractivity contribution >= 4 is 36.1 Å². The Kier molecular flexibility index (Phi) is 3.92. The summed E-state index contributed by atoms with van der Waals surface area (Å²) in [5.41, 5.74) is 1.64. The van der Waals surface area contributed by atoms with Crippen LogP contribution in [-0.4, -0.2) is 19.1 Å². The monoisotopic (exact) mass is 224 g/mol. The van der Waals surface area contributed by atoms with Crippen molar-refractivity contribution in [1.82, 2.24) is 0 Å². The van der Waals surface area contributed by atoms with Crippen LogP contribution in [-0.2, 0) is 14.3 Å². The number of rotatable bonds is 3. The molecule has 1 aromatic rings. The van der Waals surface area contributed by atoms with Crippen LogP contribution in [0.5, 0.6) is 0 Å². The minimum absolute atomic E-state index is 0.533. The van der Waals surface area contributed by atoms with E-state index in [1.165, 1.54) is 6.92 Å². The van der Waals surface area contributed by atoms with Gasteiger partial charge in [0, 0.05) is 12.5 Å². The summed E-state index contributed by atoms with van der Waals surface area (Å²) in [6.45, 7) is 1.24. The SMILES string of the molecule is Bc1ccc(C(OC(C)=O)C(=O)Cl)cc1. The third kappa shape index (κ3) is 3.40. The van der Waals surface area contributed by atoms with Gasteiger partial charge in [-0.25, -0.2) is 0 Å². The molecule has 0 aliphatic heterocycles. The molecule has 0 aromatic heterocycles. The van der Waals surface area contributed by atoms with Gasteiger partial charge in [0.05, 0.1) is 0 Å². The number of hydrogen-bond acceptors (Lipinski definition) is 3. The molecule has 0 radical (unpaired) electrons. The lowest BCUT2D eigenvalue weighted by atomic mass is 9.94. The standard InChI is InChI=1S/C10H10BClO3/c1-6(13)15-9(10(12)14)7-2-4-8(11)5-3-7/h2-5,9H,11H2,1H3. The molecule has 0 bridgehead atoms. The van der Waals surface area contributed by atoms with Crippen LogP contribution in [0.3, 0.4) is 0 Å². The highest BCUT2D eigenvalue weighted by Gasteiger charge is 2.21. The van der Waals surface area contributed by atoms with E-state index in [1.807, 2.05) is 20.0 Å². The first-order chi connectivity index (χ1) is 7.00. The van der Waals surface area contributed by atoms with Crippen molar-refractivity contribution in [2.24, 2.45) is 0 Å². The lowest BCUT2D eigenvalue weighted by molar-refractivity contribution is -0.150. The first-order valence-electron chi connectivity index (χ1n) is 4.44. The average molecular weight is 224 g/mol. The summed E-state index contributed by atoms with van der Waals surface area (Å²) in [5, 5.41) is -0.700. The lowest BCUT2D eigenvalue weighted by Gasteiger charge is -2.12. The van der Waals surface area contributed by atoms with Gasteiger partial charge in [-0.15, -0.1) is 0 Å². The van der Waals surface area contributed by atoms with Crippen LogP contribution in [0.4, 0.5) is 0 Å². The van der Waals surface area contributed by atoms with E-state index >= 15 is 0 Å². The normalized spacial score (nSPS) is 11.9. The molecule has 0 amide bonds. The Morgan fingerprint density at radius 3 is 2.27 bits per heavy atom. The van der Waals surface area contributed by atoms with Gasteiger partial charge in [-0.3, -0.25) is 9.59 Å². The molecular formula is C10H10BClO3. The molecule has 0 heterocycles. The van der Waals surface area contributed by atoms with Crippen molar-refractivity contribution in [2.75, 3.05) is 0 Å². The van der Waals surface area contributed by atoms with E-state index in [9.17, 15) is 9.59 Å². The largest absolute Gasteiger partial charge is 0.448 e. The third-order valence-corrected chi connectivity index (χ3v) is 2.07. The van der Waals surface area contributed by atoms with Crippen LogP contribution >= 0.6 is 11.6 Å². The molecule has 1 aromatic carbocycles. The summed E-state index contributed by atoms with van der Waals surface area (Å²) in [6.07, 6.45) is -1.01. The third-order valence-electron chi connectivity index (χ3n) is 1.87. The topological polar surface area (TPSA) is 43.4 Å². The quantitative estimate of drug-likeness (QED) is 0.422. The molecule has 5 heteroatoms. The van der Waals surface area contributed by atoms with Gasteiger partial charge in [-0.05, 0) is 11.6 Å². The van der Waals surface area contributed by atoms with Gasteiger partial charge in [0.2, 0.25) is 6.10 Å². The Hall–Kier alpha value is -1.29. The second kappa shape index (κ2) is 4.98. The lowest BCUT2D eigenvalue weighted by Crippen LogP contribution is -2.15. The van der Waals surface area contributed by atoms with Crippen LogP contribution in [0, 0.1) is 0 Å². The molecule has 0 N–H and O–H groups in total.